The number of guanidine groups is 1. The average Bonchev–Trinajstić information content (AvgIpc) is 3.10. The lowest BCUT2D eigenvalue weighted by Crippen LogP contribution is -2.45. The lowest BCUT2D eigenvalue weighted by atomic mass is 9.86. The van der Waals surface area contributed by atoms with Gasteiger partial charge in [-0.15, -0.1) is 11.3 Å². The fourth-order valence-corrected chi connectivity index (χ4v) is 3.63. The first-order chi connectivity index (χ1) is 12.8. The van der Waals surface area contributed by atoms with Crippen molar-refractivity contribution >= 4 is 23.3 Å². The van der Waals surface area contributed by atoms with E-state index in [-0.39, 0.29) is 24.5 Å². The number of aliphatic imine (C=N–C) groups is 1. The number of hydrogen-bond donors (Lipinski definition) is 2. The van der Waals surface area contributed by atoms with Gasteiger partial charge in [-0.1, -0.05) is 0 Å². The van der Waals surface area contributed by atoms with Gasteiger partial charge in [0.05, 0.1) is 19.1 Å². The number of carbonyl (C=O) groups is 1. The van der Waals surface area contributed by atoms with Gasteiger partial charge >= 0.3 is 12.1 Å². The van der Waals surface area contributed by atoms with Gasteiger partial charge in [0.1, 0.15) is 5.01 Å². The van der Waals surface area contributed by atoms with Crippen LogP contribution in [0.3, 0.4) is 0 Å². The molecule has 6 nitrogen and oxygen atoms in total. The second-order valence-corrected chi connectivity index (χ2v) is 7.21. The summed E-state index contributed by atoms with van der Waals surface area (Å²) in [5.74, 6) is 0.347. The van der Waals surface area contributed by atoms with Crippen LogP contribution in [0.4, 0.5) is 13.2 Å². The highest BCUT2D eigenvalue weighted by atomic mass is 32.1. The van der Waals surface area contributed by atoms with E-state index in [4.69, 9.17) is 4.74 Å². The predicted molar refractivity (Wildman–Crippen MR) is 97.4 cm³/mol. The first-order valence-corrected chi connectivity index (χ1v) is 9.94. The number of aromatic nitrogens is 1. The zero-order chi connectivity index (χ0) is 19.9. The molecule has 0 bridgehead atoms. The van der Waals surface area contributed by atoms with Crippen LogP contribution in [0.25, 0.3) is 0 Å². The number of hydrogen-bond acceptors (Lipinski definition) is 5. The van der Waals surface area contributed by atoms with Crippen LogP contribution in [0.1, 0.15) is 50.2 Å². The van der Waals surface area contributed by atoms with E-state index in [0.29, 0.717) is 24.1 Å². The molecule has 0 unspecified atom stereocenters. The van der Waals surface area contributed by atoms with E-state index < -0.39 is 11.9 Å². The highest BCUT2D eigenvalue weighted by Gasteiger charge is 2.33. The Hall–Kier alpha value is -1.84. The van der Waals surface area contributed by atoms with Crippen LogP contribution in [0, 0.1) is 5.92 Å². The van der Waals surface area contributed by atoms with E-state index in [2.05, 4.69) is 20.6 Å². The number of thiazole rings is 1. The van der Waals surface area contributed by atoms with E-state index >= 15 is 0 Å². The molecule has 1 aromatic rings. The Morgan fingerprint density at radius 1 is 1.33 bits per heavy atom. The fourth-order valence-electron chi connectivity index (χ4n) is 2.91. The molecule has 10 heteroatoms. The quantitative estimate of drug-likeness (QED) is 0.431. The second kappa shape index (κ2) is 9.91. The first-order valence-electron chi connectivity index (χ1n) is 9.06. The molecule has 1 aliphatic rings. The maximum Gasteiger partial charge on any atom is 0.434 e. The van der Waals surface area contributed by atoms with Crippen LogP contribution >= 0.6 is 11.3 Å². The molecule has 0 aliphatic heterocycles. The smallest absolute Gasteiger partial charge is 0.434 e. The van der Waals surface area contributed by atoms with Gasteiger partial charge in [0, 0.05) is 18.0 Å². The minimum absolute atomic E-state index is 0.0568. The van der Waals surface area contributed by atoms with Crippen molar-refractivity contribution in [1.82, 2.24) is 15.6 Å². The molecule has 2 N–H and O–H groups in total. The molecule has 152 valence electrons. The number of ether oxygens (including phenoxy) is 1. The van der Waals surface area contributed by atoms with Crippen molar-refractivity contribution in [2.45, 2.75) is 58.3 Å². The number of esters is 1. The van der Waals surface area contributed by atoms with Gasteiger partial charge in [-0.2, -0.15) is 13.2 Å². The van der Waals surface area contributed by atoms with E-state index in [1.54, 1.807) is 6.92 Å². The Balaban J connectivity index is 1.89. The highest BCUT2D eigenvalue weighted by molar-refractivity contribution is 7.09. The zero-order valence-electron chi connectivity index (χ0n) is 15.4. The maximum atomic E-state index is 12.6. The molecule has 27 heavy (non-hydrogen) atoms. The van der Waals surface area contributed by atoms with Gasteiger partial charge in [-0.05, 0) is 39.5 Å². The molecule has 0 amide bonds. The van der Waals surface area contributed by atoms with Gasteiger partial charge in [0.25, 0.3) is 0 Å². The van der Waals surface area contributed by atoms with E-state index in [9.17, 15) is 18.0 Å². The van der Waals surface area contributed by atoms with Crippen LogP contribution in [0.5, 0.6) is 0 Å². The summed E-state index contributed by atoms with van der Waals surface area (Å²) in [6, 6.07) is 0.163. The Kier molecular flexibility index (Phi) is 7.88. The molecule has 1 aromatic heterocycles. The van der Waals surface area contributed by atoms with Gasteiger partial charge < -0.3 is 15.4 Å². The lowest BCUT2D eigenvalue weighted by Gasteiger charge is -2.29. The number of nitrogens with one attached hydrogen (secondary N) is 2. The molecule has 0 radical (unpaired) electrons. The van der Waals surface area contributed by atoms with Crippen LogP contribution in [-0.2, 0) is 22.3 Å². The lowest BCUT2D eigenvalue weighted by molar-refractivity contribution is -0.149. The number of halogens is 3. The van der Waals surface area contributed by atoms with E-state index in [1.807, 2.05) is 6.92 Å². The standard InChI is InChI=1S/C17H25F3N4O2S/c1-3-21-16(22-9-14-24-13(10-27-14)17(18,19)20)23-12-7-5-11(6-8-12)15(25)26-4-2/h10-12H,3-9H2,1-2H3,(H2,21,22,23). The monoisotopic (exact) mass is 406 g/mol. The molecule has 0 aromatic carbocycles. The summed E-state index contributed by atoms with van der Waals surface area (Å²) < 4.78 is 42.9. The number of alkyl halides is 3. The number of carbonyl (C=O) groups excluding carboxylic acids is 1. The van der Waals surface area contributed by atoms with Crippen molar-refractivity contribution in [2.75, 3.05) is 13.2 Å². The van der Waals surface area contributed by atoms with Gasteiger partial charge in [0.15, 0.2) is 11.7 Å². The van der Waals surface area contributed by atoms with Crippen molar-refractivity contribution in [3.05, 3.63) is 16.1 Å². The minimum Gasteiger partial charge on any atom is -0.466 e. The Morgan fingerprint density at radius 3 is 2.59 bits per heavy atom. The largest absolute Gasteiger partial charge is 0.466 e. The van der Waals surface area contributed by atoms with E-state index in [0.717, 1.165) is 42.4 Å². The van der Waals surface area contributed by atoms with Crippen LogP contribution < -0.4 is 10.6 Å². The topological polar surface area (TPSA) is 75.6 Å². The first kappa shape index (κ1) is 21.5. The summed E-state index contributed by atoms with van der Waals surface area (Å²) in [5.41, 5.74) is -0.882. The van der Waals surface area contributed by atoms with Crippen LogP contribution in [0.2, 0.25) is 0 Å². The molecule has 0 atom stereocenters. The van der Waals surface area contributed by atoms with Gasteiger partial charge in [0.2, 0.25) is 0 Å². The Bertz CT molecular complexity index is 640. The van der Waals surface area contributed by atoms with Crippen molar-refractivity contribution in [2.24, 2.45) is 10.9 Å². The summed E-state index contributed by atoms with van der Waals surface area (Å²) >= 11 is 0.946. The third-order valence-corrected chi connectivity index (χ3v) is 5.08. The van der Waals surface area contributed by atoms with Crippen LogP contribution in [0.15, 0.2) is 10.4 Å². The molecule has 0 saturated heterocycles. The van der Waals surface area contributed by atoms with Gasteiger partial charge in [-0.3, -0.25) is 4.79 Å². The summed E-state index contributed by atoms with van der Waals surface area (Å²) in [4.78, 5) is 19.7. The fraction of sp³-hybridized carbons (Fsp3) is 0.706. The molecule has 2 rings (SSSR count). The third kappa shape index (κ3) is 6.67. The molecular weight excluding hydrogens is 381 g/mol. The summed E-state index contributed by atoms with van der Waals surface area (Å²) in [5, 5.41) is 7.70. The van der Waals surface area contributed by atoms with Crippen molar-refractivity contribution in [1.29, 1.82) is 0 Å². The zero-order valence-corrected chi connectivity index (χ0v) is 16.3. The number of rotatable bonds is 6. The Labute approximate surface area is 160 Å². The second-order valence-electron chi connectivity index (χ2n) is 6.26. The van der Waals surface area contributed by atoms with Gasteiger partial charge in [-0.25, -0.2) is 9.98 Å². The average molecular weight is 406 g/mol. The van der Waals surface area contributed by atoms with Crippen molar-refractivity contribution in [3.8, 4) is 0 Å². The number of nitrogens with zero attached hydrogens (tertiary/aromatic N) is 2. The van der Waals surface area contributed by atoms with E-state index in [1.165, 1.54) is 0 Å². The Morgan fingerprint density at radius 2 is 2.04 bits per heavy atom. The SMILES string of the molecule is CCNC(=NCc1nc(C(F)(F)F)cs1)NC1CCC(C(=O)OCC)CC1. The highest BCUT2D eigenvalue weighted by Crippen LogP contribution is 2.30. The minimum atomic E-state index is -4.43. The van der Waals surface area contributed by atoms with Crippen LogP contribution in [-0.4, -0.2) is 36.1 Å². The van der Waals surface area contributed by atoms with Crippen molar-refractivity contribution in [3.63, 3.8) is 0 Å². The summed E-state index contributed by atoms with van der Waals surface area (Å²) in [6.07, 6.45) is -1.32. The summed E-state index contributed by atoms with van der Waals surface area (Å²) in [6.45, 7) is 4.81. The molecule has 1 fully saturated rings. The maximum absolute atomic E-state index is 12.6. The molecule has 1 heterocycles. The van der Waals surface area contributed by atoms with Crippen molar-refractivity contribution < 1.29 is 22.7 Å². The molecule has 1 saturated carbocycles. The molecule has 1 aliphatic carbocycles. The molecular formula is C17H25F3N4O2S. The normalized spacial score (nSPS) is 21.0. The molecule has 0 spiro atoms. The third-order valence-electron chi connectivity index (χ3n) is 4.25. The summed E-state index contributed by atoms with van der Waals surface area (Å²) in [7, 11) is 0. The predicted octanol–water partition coefficient (Wildman–Crippen LogP) is 3.34.